The molecule has 5 rings (SSSR count). The Balaban J connectivity index is 1.77. The van der Waals surface area contributed by atoms with E-state index in [-0.39, 0.29) is 5.60 Å². The van der Waals surface area contributed by atoms with E-state index in [0.29, 0.717) is 10.8 Å². The molecule has 0 heterocycles. The zero-order chi connectivity index (χ0) is 10.3. The molecule has 2 atom stereocenters. The fourth-order valence-corrected chi connectivity index (χ4v) is 5.91. The first kappa shape index (κ1) is 9.04. The number of rotatable bonds is 1. The Morgan fingerprint density at radius 3 is 2.07 bits per heavy atom. The molecule has 1 heteroatoms. The Kier molecular flexibility index (Phi) is 1.38. The highest BCUT2D eigenvalue weighted by molar-refractivity contribution is 5.17. The Hall–Kier alpha value is -0.0400. The molecule has 0 aromatic rings. The van der Waals surface area contributed by atoms with Gasteiger partial charge in [-0.2, -0.15) is 0 Å². The number of aliphatic hydroxyl groups is 1. The topological polar surface area (TPSA) is 20.2 Å². The van der Waals surface area contributed by atoms with Gasteiger partial charge in [0.05, 0.1) is 5.60 Å². The van der Waals surface area contributed by atoms with Crippen molar-refractivity contribution < 1.29 is 5.11 Å². The smallest absolute Gasteiger partial charge is 0.0706 e. The van der Waals surface area contributed by atoms with E-state index >= 15 is 0 Å². The van der Waals surface area contributed by atoms with Gasteiger partial charge in [0.25, 0.3) is 0 Å². The summed E-state index contributed by atoms with van der Waals surface area (Å²) in [4.78, 5) is 0. The average Bonchev–Trinajstić information content (AvgIpc) is 2.80. The molecule has 5 saturated carbocycles. The van der Waals surface area contributed by atoms with Crippen molar-refractivity contribution in [1.82, 2.24) is 0 Å². The zero-order valence-electron chi connectivity index (χ0n) is 9.76. The molecule has 0 aromatic carbocycles. The van der Waals surface area contributed by atoms with E-state index in [1.54, 1.807) is 0 Å². The van der Waals surface area contributed by atoms with Crippen LogP contribution in [0.3, 0.4) is 0 Å². The van der Waals surface area contributed by atoms with Gasteiger partial charge in [-0.1, -0.05) is 6.92 Å². The molecule has 5 fully saturated rings. The monoisotopic (exact) mass is 206 g/mol. The fourth-order valence-electron chi connectivity index (χ4n) is 5.91. The predicted molar refractivity (Wildman–Crippen MR) is 59.4 cm³/mol. The van der Waals surface area contributed by atoms with Gasteiger partial charge in [-0.05, 0) is 68.6 Å². The lowest BCUT2D eigenvalue weighted by Crippen LogP contribution is -2.56. The highest BCUT2D eigenvalue weighted by Crippen LogP contribution is 2.71. The Morgan fingerprint density at radius 2 is 1.60 bits per heavy atom. The summed E-state index contributed by atoms with van der Waals surface area (Å²) in [5, 5.41) is 10.6. The first-order valence-corrected chi connectivity index (χ1v) is 6.75. The molecule has 0 aromatic heterocycles. The van der Waals surface area contributed by atoms with Crippen LogP contribution in [-0.2, 0) is 0 Å². The molecule has 0 saturated heterocycles. The quantitative estimate of drug-likeness (QED) is 0.699. The molecule has 5 aliphatic rings. The molecule has 5 aliphatic carbocycles. The first-order chi connectivity index (χ1) is 7.03. The van der Waals surface area contributed by atoms with Crippen LogP contribution < -0.4 is 0 Å². The van der Waals surface area contributed by atoms with Crippen LogP contribution in [0.1, 0.15) is 58.3 Å². The van der Waals surface area contributed by atoms with Crippen LogP contribution in [0, 0.1) is 22.7 Å². The van der Waals surface area contributed by atoms with Crippen molar-refractivity contribution in [2.24, 2.45) is 22.7 Å². The summed E-state index contributed by atoms with van der Waals surface area (Å²) in [7, 11) is 0. The lowest BCUT2D eigenvalue weighted by Gasteiger charge is -2.63. The summed E-state index contributed by atoms with van der Waals surface area (Å²) < 4.78 is 0. The van der Waals surface area contributed by atoms with E-state index < -0.39 is 0 Å². The Labute approximate surface area is 92.3 Å². The second kappa shape index (κ2) is 2.30. The average molecular weight is 206 g/mol. The highest BCUT2D eigenvalue weighted by Gasteiger charge is 2.66. The largest absolute Gasteiger partial charge is 0.389 e. The lowest BCUT2D eigenvalue weighted by atomic mass is 9.43. The van der Waals surface area contributed by atoms with Crippen LogP contribution in [0.4, 0.5) is 0 Å². The van der Waals surface area contributed by atoms with Crippen molar-refractivity contribution in [2.75, 3.05) is 0 Å². The van der Waals surface area contributed by atoms with Gasteiger partial charge in [0.15, 0.2) is 0 Å². The van der Waals surface area contributed by atoms with E-state index in [4.69, 9.17) is 0 Å². The van der Waals surface area contributed by atoms with E-state index in [0.717, 1.165) is 24.7 Å². The summed E-state index contributed by atoms with van der Waals surface area (Å²) in [5.74, 6) is 1.92. The number of hydrogen-bond donors (Lipinski definition) is 1. The van der Waals surface area contributed by atoms with Crippen LogP contribution in [0.5, 0.6) is 0 Å². The van der Waals surface area contributed by atoms with Gasteiger partial charge in [0.2, 0.25) is 0 Å². The maximum Gasteiger partial charge on any atom is 0.0706 e. The Bertz CT molecular complexity index is 301. The lowest BCUT2D eigenvalue weighted by molar-refractivity contribution is -0.164. The van der Waals surface area contributed by atoms with Gasteiger partial charge in [0.1, 0.15) is 0 Å². The fraction of sp³-hybridized carbons (Fsp3) is 1.00. The van der Waals surface area contributed by atoms with Crippen molar-refractivity contribution >= 4 is 0 Å². The summed E-state index contributed by atoms with van der Waals surface area (Å²) in [6.45, 7) is 2.49. The summed E-state index contributed by atoms with van der Waals surface area (Å²) in [6, 6.07) is 0. The van der Waals surface area contributed by atoms with Crippen LogP contribution in [0.15, 0.2) is 0 Å². The molecule has 0 spiro atoms. The van der Waals surface area contributed by atoms with Gasteiger partial charge in [-0.3, -0.25) is 0 Å². The summed E-state index contributed by atoms with van der Waals surface area (Å²) >= 11 is 0. The third kappa shape index (κ3) is 1.03. The maximum atomic E-state index is 10.6. The van der Waals surface area contributed by atoms with E-state index in [2.05, 4.69) is 6.92 Å². The van der Waals surface area contributed by atoms with Crippen molar-refractivity contribution in [3.63, 3.8) is 0 Å². The van der Waals surface area contributed by atoms with Crippen LogP contribution in [0.25, 0.3) is 0 Å². The molecular weight excluding hydrogens is 184 g/mol. The predicted octanol–water partition coefficient (Wildman–Crippen LogP) is 3.12. The SMILES string of the molecule is CC12CC3CC(C1)CC(C1(O)CC1)(C3)C2. The second-order valence-corrected chi connectivity index (χ2v) is 7.58. The molecule has 15 heavy (non-hydrogen) atoms. The molecule has 0 amide bonds. The van der Waals surface area contributed by atoms with Gasteiger partial charge >= 0.3 is 0 Å². The van der Waals surface area contributed by atoms with Gasteiger partial charge in [-0.15, -0.1) is 0 Å². The molecule has 0 radical (unpaired) electrons. The maximum absolute atomic E-state index is 10.6. The minimum absolute atomic E-state index is 0.216. The third-order valence-corrected chi connectivity index (χ3v) is 6.06. The minimum atomic E-state index is -0.216. The van der Waals surface area contributed by atoms with Crippen LogP contribution >= 0.6 is 0 Å². The van der Waals surface area contributed by atoms with Crippen LogP contribution in [-0.4, -0.2) is 10.7 Å². The molecule has 1 nitrogen and oxygen atoms in total. The molecule has 1 N–H and O–H groups in total. The number of hydrogen-bond acceptors (Lipinski definition) is 1. The standard InChI is InChI=1S/C14H22O/c1-12-5-10-4-11(6-12)8-13(7-10,9-12)14(15)2-3-14/h10-11,15H,2-9H2,1H3. The van der Waals surface area contributed by atoms with Gasteiger partial charge in [-0.25, -0.2) is 0 Å². The Morgan fingerprint density at radius 1 is 1.00 bits per heavy atom. The van der Waals surface area contributed by atoms with E-state index in [9.17, 15) is 5.11 Å². The van der Waals surface area contributed by atoms with Crippen LogP contribution in [0.2, 0.25) is 0 Å². The second-order valence-electron chi connectivity index (χ2n) is 7.58. The molecule has 2 unspecified atom stereocenters. The molecule has 84 valence electrons. The van der Waals surface area contributed by atoms with Crippen molar-refractivity contribution in [3.8, 4) is 0 Å². The van der Waals surface area contributed by atoms with Gasteiger partial charge in [0, 0.05) is 5.41 Å². The normalized spacial score (nSPS) is 59.6. The third-order valence-electron chi connectivity index (χ3n) is 6.06. The first-order valence-electron chi connectivity index (χ1n) is 6.75. The minimum Gasteiger partial charge on any atom is -0.389 e. The highest BCUT2D eigenvalue weighted by atomic mass is 16.3. The van der Waals surface area contributed by atoms with Crippen molar-refractivity contribution in [1.29, 1.82) is 0 Å². The zero-order valence-corrected chi connectivity index (χ0v) is 9.76. The summed E-state index contributed by atoms with van der Waals surface area (Å²) in [5.41, 5.74) is 0.750. The summed E-state index contributed by atoms with van der Waals surface area (Å²) in [6.07, 6.45) is 10.6. The molecular formula is C14H22O. The van der Waals surface area contributed by atoms with E-state index in [1.165, 1.54) is 38.5 Å². The van der Waals surface area contributed by atoms with Crippen molar-refractivity contribution in [2.45, 2.75) is 63.9 Å². The van der Waals surface area contributed by atoms with Crippen molar-refractivity contribution in [3.05, 3.63) is 0 Å². The molecule has 0 aliphatic heterocycles. The van der Waals surface area contributed by atoms with Gasteiger partial charge < -0.3 is 5.11 Å². The van der Waals surface area contributed by atoms with E-state index in [1.807, 2.05) is 0 Å². The molecule has 4 bridgehead atoms.